The number of hydrogen-bond donors (Lipinski definition) is 2. The second-order valence-electron chi connectivity index (χ2n) is 14.4. The lowest BCUT2D eigenvalue weighted by molar-refractivity contribution is -0.167. The lowest BCUT2D eigenvalue weighted by Gasteiger charge is -2.56. The van der Waals surface area contributed by atoms with Crippen LogP contribution in [0.15, 0.2) is 64.3 Å². The van der Waals surface area contributed by atoms with Crippen LogP contribution < -0.4 is 10.1 Å². The number of amides is 4. The number of piperazine rings is 1. The van der Waals surface area contributed by atoms with Gasteiger partial charge in [-0.25, -0.2) is 0 Å². The van der Waals surface area contributed by atoms with Crippen LogP contribution in [0.3, 0.4) is 0 Å². The number of nitrogens with zero attached hydrogens (tertiary/aromatic N) is 3. The molecule has 0 aliphatic carbocycles. The van der Waals surface area contributed by atoms with Crippen LogP contribution in [0.4, 0.5) is 0 Å². The molecule has 3 atom stereocenters. The van der Waals surface area contributed by atoms with E-state index >= 15 is 0 Å². The van der Waals surface area contributed by atoms with E-state index in [1.807, 2.05) is 41.0 Å². The predicted molar refractivity (Wildman–Crippen MR) is 195 cm³/mol. The summed E-state index contributed by atoms with van der Waals surface area (Å²) in [7, 11) is 1.64. The molecule has 5 heterocycles. The third-order valence-electron chi connectivity index (χ3n) is 11.0. The first kappa shape index (κ1) is 36.0. The number of allylic oxidation sites excluding steroid dienone is 3. The molecule has 2 N–H and O–H groups in total. The molecule has 1 aromatic carbocycles. The zero-order valence-corrected chi connectivity index (χ0v) is 30.5. The van der Waals surface area contributed by atoms with Crippen molar-refractivity contribution in [2.75, 3.05) is 46.4 Å². The van der Waals surface area contributed by atoms with Gasteiger partial charge in [-0.05, 0) is 88.8 Å². The van der Waals surface area contributed by atoms with Gasteiger partial charge in [0.15, 0.2) is 5.76 Å². The summed E-state index contributed by atoms with van der Waals surface area (Å²) < 4.78 is 10.9. The molecular formula is C40H51N5O6. The normalized spacial score (nSPS) is 22.0. The van der Waals surface area contributed by atoms with Gasteiger partial charge in [-0.3, -0.25) is 19.2 Å². The fraction of sp³-hybridized carbons (Fsp3) is 0.500. The van der Waals surface area contributed by atoms with Crippen LogP contribution in [0.5, 0.6) is 5.75 Å². The Kier molecular flexibility index (Phi) is 10.7. The maximum absolute atomic E-state index is 14.8. The average Bonchev–Trinajstić information content (AvgIpc) is 3.81. The van der Waals surface area contributed by atoms with Gasteiger partial charge in [0.25, 0.3) is 5.91 Å². The number of carbonyl (C=O) groups excluding carboxylic acids is 4. The van der Waals surface area contributed by atoms with E-state index in [2.05, 4.69) is 37.1 Å². The number of hydrogen-bond acceptors (Lipinski definition) is 6. The van der Waals surface area contributed by atoms with E-state index in [-0.39, 0.29) is 42.2 Å². The molecule has 4 amide bonds. The number of carbonyl (C=O) groups is 4. The van der Waals surface area contributed by atoms with E-state index in [0.717, 1.165) is 40.8 Å². The lowest BCUT2D eigenvalue weighted by atomic mass is 9.65. The van der Waals surface area contributed by atoms with Crippen LogP contribution in [-0.4, -0.2) is 89.7 Å². The van der Waals surface area contributed by atoms with Gasteiger partial charge >= 0.3 is 0 Å². The van der Waals surface area contributed by atoms with Gasteiger partial charge in [0.2, 0.25) is 17.7 Å². The molecule has 2 fully saturated rings. The Labute approximate surface area is 300 Å². The number of methoxy groups -OCH3 is 1. The van der Waals surface area contributed by atoms with E-state index < -0.39 is 17.4 Å². The Morgan fingerprint density at radius 2 is 1.82 bits per heavy atom. The van der Waals surface area contributed by atoms with Crippen molar-refractivity contribution in [3.05, 3.63) is 76.9 Å². The summed E-state index contributed by atoms with van der Waals surface area (Å²) in [5.74, 6) is -0.717. The summed E-state index contributed by atoms with van der Waals surface area (Å²) >= 11 is 0. The maximum Gasteiger partial charge on any atom is 0.289 e. The molecule has 11 nitrogen and oxygen atoms in total. The van der Waals surface area contributed by atoms with E-state index in [1.54, 1.807) is 24.1 Å². The van der Waals surface area contributed by atoms with Gasteiger partial charge < -0.3 is 34.2 Å². The molecule has 6 rings (SSSR count). The largest absolute Gasteiger partial charge is 0.497 e. The molecule has 272 valence electrons. The number of aromatic nitrogens is 1. The molecule has 2 aromatic heterocycles. The smallest absolute Gasteiger partial charge is 0.289 e. The Morgan fingerprint density at radius 1 is 1.06 bits per heavy atom. The van der Waals surface area contributed by atoms with Crippen LogP contribution >= 0.6 is 0 Å². The quantitative estimate of drug-likeness (QED) is 0.252. The Bertz CT molecular complexity index is 1830. The minimum absolute atomic E-state index is 0.0196. The highest BCUT2D eigenvalue weighted by Gasteiger charge is 2.59. The molecule has 3 aliphatic heterocycles. The number of H-pyrrole nitrogens is 1. The molecule has 2 saturated heterocycles. The van der Waals surface area contributed by atoms with Gasteiger partial charge in [0, 0.05) is 68.2 Å². The highest BCUT2D eigenvalue weighted by molar-refractivity contribution is 5.94. The second-order valence-corrected chi connectivity index (χ2v) is 14.4. The van der Waals surface area contributed by atoms with Gasteiger partial charge in [0.1, 0.15) is 5.75 Å². The predicted octanol–water partition coefficient (Wildman–Crippen LogP) is 5.58. The van der Waals surface area contributed by atoms with Crippen LogP contribution in [0.1, 0.15) is 81.6 Å². The van der Waals surface area contributed by atoms with Crippen LogP contribution in [0.2, 0.25) is 0 Å². The standard InChI is InChI=1S/C40H51N5O6/c1-6-40-32(38(48)43-18-20-44(21-19-43)39(49)34-11-8-22-51-34)23-28(24-35(46)41-16-14-27(4)10-7-9-26(2)3)37(47)45(40)17-15-30-31-25-29(50-5)12-13-33(31)42-36(30)40/h8-9,11-14,22,25,28,32,42H,6-7,10,15-21,23-24H2,1-5H3,(H,41,46)/b27-14+/t28?,32-,40+/m1/s1. The second kappa shape index (κ2) is 15.2. The molecule has 1 unspecified atom stereocenters. The molecular weight excluding hydrogens is 646 g/mol. The van der Waals surface area contributed by atoms with Crippen molar-refractivity contribution in [3.8, 4) is 5.75 Å². The number of aromatic amines is 1. The molecule has 0 radical (unpaired) electrons. The number of furan rings is 1. The molecule has 0 spiro atoms. The van der Waals surface area contributed by atoms with Crippen molar-refractivity contribution in [2.24, 2.45) is 11.8 Å². The highest BCUT2D eigenvalue weighted by Crippen LogP contribution is 2.52. The molecule has 0 bridgehead atoms. The summed E-state index contributed by atoms with van der Waals surface area (Å²) in [6.45, 7) is 10.6. The van der Waals surface area contributed by atoms with Gasteiger partial charge in [-0.15, -0.1) is 0 Å². The monoisotopic (exact) mass is 697 g/mol. The molecule has 3 aliphatic rings. The molecule has 11 heteroatoms. The van der Waals surface area contributed by atoms with Crippen LogP contribution in [0, 0.1) is 11.8 Å². The van der Waals surface area contributed by atoms with Gasteiger partial charge in [-0.1, -0.05) is 30.2 Å². The Hall–Kier alpha value is -4.80. The van der Waals surface area contributed by atoms with E-state index in [4.69, 9.17) is 9.15 Å². The minimum Gasteiger partial charge on any atom is -0.497 e. The summed E-state index contributed by atoms with van der Waals surface area (Å²) in [5, 5.41) is 4.03. The van der Waals surface area contributed by atoms with Crippen molar-refractivity contribution in [2.45, 2.75) is 71.8 Å². The van der Waals surface area contributed by atoms with Crippen LogP contribution in [-0.2, 0) is 26.3 Å². The van der Waals surface area contributed by atoms with E-state index in [1.165, 1.54) is 17.4 Å². The molecule has 0 saturated carbocycles. The Balaban J connectivity index is 1.26. The first-order valence-corrected chi connectivity index (χ1v) is 18.2. The van der Waals surface area contributed by atoms with E-state index in [0.29, 0.717) is 52.1 Å². The zero-order chi connectivity index (χ0) is 36.3. The lowest BCUT2D eigenvalue weighted by Crippen LogP contribution is -2.66. The SMILES string of the molecule is CC[C@]12c3[nH]c4ccc(OC)cc4c3CCN1C(=O)C(CC(=O)NC/C=C(\C)CCC=C(C)C)C[C@@H]2C(=O)N1CCN(C(=O)c2ccco2)CC1. The molecule has 3 aromatic rings. The van der Waals surface area contributed by atoms with Crippen molar-refractivity contribution in [3.63, 3.8) is 0 Å². The summed E-state index contributed by atoms with van der Waals surface area (Å²) in [6, 6.07) is 9.25. The number of piperidine rings is 1. The maximum atomic E-state index is 14.8. The number of rotatable bonds is 11. The number of nitrogens with one attached hydrogen (secondary N) is 2. The Morgan fingerprint density at radius 3 is 2.51 bits per heavy atom. The van der Waals surface area contributed by atoms with Crippen molar-refractivity contribution < 1.29 is 28.3 Å². The van der Waals surface area contributed by atoms with E-state index in [9.17, 15) is 19.2 Å². The van der Waals surface area contributed by atoms with Crippen LogP contribution in [0.25, 0.3) is 10.9 Å². The molecule has 51 heavy (non-hydrogen) atoms. The summed E-state index contributed by atoms with van der Waals surface area (Å²) in [4.78, 5) is 64.7. The first-order valence-electron chi connectivity index (χ1n) is 18.2. The van der Waals surface area contributed by atoms with Crippen molar-refractivity contribution >= 4 is 34.5 Å². The summed E-state index contributed by atoms with van der Waals surface area (Å²) in [5.41, 5.74) is 4.51. The zero-order valence-electron chi connectivity index (χ0n) is 30.5. The van der Waals surface area contributed by atoms with Gasteiger partial charge in [0.05, 0.1) is 24.8 Å². The summed E-state index contributed by atoms with van der Waals surface area (Å²) in [6.07, 6.45) is 9.03. The third-order valence-corrected chi connectivity index (χ3v) is 11.0. The number of benzene rings is 1. The fourth-order valence-electron chi connectivity index (χ4n) is 8.33. The average molecular weight is 698 g/mol. The van der Waals surface area contributed by atoms with Crippen molar-refractivity contribution in [1.29, 1.82) is 0 Å². The fourth-order valence-corrected chi connectivity index (χ4v) is 8.33. The number of ether oxygens (including phenoxy) is 1. The third kappa shape index (κ3) is 7.07. The highest BCUT2D eigenvalue weighted by atomic mass is 16.5. The number of fused-ring (bicyclic) bond motifs is 5. The first-order chi connectivity index (χ1) is 24.6. The van der Waals surface area contributed by atoms with Crippen molar-refractivity contribution in [1.82, 2.24) is 25.0 Å². The topological polar surface area (TPSA) is 128 Å². The van der Waals surface area contributed by atoms with Gasteiger partial charge in [-0.2, -0.15) is 0 Å². The minimum atomic E-state index is -0.909.